The molecule has 2 aromatic carbocycles. The number of aryl methyl sites for hydroxylation is 1. The topological polar surface area (TPSA) is 96.8 Å². The molecule has 0 amide bonds. The maximum Gasteiger partial charge on any atom is 0.337 e. The van der Waals surface area contributed by atoms with Crippen LogP contribution in [0.2, 0.25) is 0 Å². The highest BCUT2D eigenvalue weighted by Gasteiger charge is 2.19. The molecule has 34 heavy (non-hydrogen) atoms. The van der Waals surface area contributed by atoms with Gasteiger partial charge >= 0.3 is 5.97 Å². The minimum absolute atomic E-state index is 0.0844. The first-order valence-electron chi connectivity index (χ1n) is 10.6. The van der Waals surface area contributed by atoms with Gasteiger partial charge in [0.05, 0.1) is 22.7 Å². The first-order valence-corrected chi connectivity index (χ1v) is 10.6. The van der Waals surface area contributed by atoms with Crippen LogP contribution in [0.15, 0.2) is 76.2 Å². The Morgan fingerprint density at radius 3 is 2.74 bits per heavy atom. The average Bonchev–Trinajstić information content (AvgIpc) is 3.18. The van der Waals surface area contributed by atoms with E-state index in [-0.39, 0.29) is 22.0 Å². The van der Waals surface area contributed by atoms with Crippen molar-refractivity contribution in [1.29, 1.82) is 0 Å². The number of anilines is 1. The zero-order valence-electron chi connectivity index (χ0n) is 18.4. The Morgan fingerprint density at radius 1 is 1.15 bits per heavy atom. The third kappa shape index (κ3) is 3.79. The van der Waals surface area contributed by atoms with E-state index in [1.807, 2.05) is 29.8 Å². The number of carboxylic acid groups (broad SMARTS) is 1. The number of pyridine rings is 1. The molecule has 5 aromatic rings. The molecular formula is C26H20FN3O4. The Balaban J connectivity index is 1.64. The fourth-order valence-electron chi connectivity index (χ4n) is 4.08. The van der Waals surface area contributed by atoms with Gasteiger partial charge in [-0.05, 0) is 50.2 Å². The van der Waals surface area contributed by atoms with Crippen LogP contribution in [0.25, 0.3) is 27.9 Å². The van der Waals surface area contributed by atoms with Crippen LogP contribution in [0.4, 0.5) is 10.1 Å². The molecule has 3 aromatic heterocycles. The molecule has 0 fully saturated rings. The summed E-state index contributed by atoms with van der Waals surface area (Å²) in [6.45, 7) is 3.64. The van der Waals surface area contributed by atoms with E-state index in [2.05, 4.69) is 10.3 Å². The van der Waals surface area contributed by atoms with Crippen molar-refractivity contribution in [3.63, 3.8) is 0 Å². The molecule has 2 N–H and O–H groups in total. The lowest BCUT2D eigenvalue weighted by molar-refractivity contribution is 0.0698. The van der Waals surface area contributed by atoms with Crippen molar-refractivity contribution in [1.82, 2.24) is 9.38 Å². The predicted octanol–water partition coefficient (Wildman–Crippen LogP) is 5.43. The zero-order chi connectivity index (χ0) is 24.0. The maximum absolute atomic E-state index is 14.5. The summed E-state index contributed by atoms with van der Waals surface area (Å²) >= 11 is 0. The second kappa shape index (κ2) is 8.15. The molecule has 0 spiro atoms. The second-order valence-corrected chi connectivity index (χ2v) is 8.13. The molecule has 0 radical (unpaired) electrons. The second-order valence-electron chi connectivity index (χ2n) is 8.13. The molecule has 0 saturated carbocycles. The summed E-state index contributed by atoms with van der Waals surface area (Å²) < 4.78 is 22.5. The third-order valence-electron chi connectivity index (χ3n) is 5.67. The Morgan fingerprint density at radius 2 is 1.94 bits per heavy atom. The van der Waals surface area contributed by atoms with Crippen LogP contribution in [0.5, 0.6) is 0 Å². The molecule has 1 atom stereocenters. The monoisotopic (exact) mass is 457 g/mol. The molecule has 0 aliphatic rings. The van der Waals surface area contributed by atoms with Gasteiger partial charge in [0.15, 0.2) is 5.43 Å². The number of imidazole rings is 1. The quantitative estimate of drug-likeness (QED) is 0.366. The van der Waals surface area contributed by atoms with Gasteiger partial charge < -0.3 is 19.2 Å². The summed E-state index contributed by atoms with van der Waals surface area (Å²) in [6.07, 6.45) is 3.68. The predicted molar refractivity (Wildman–Crippen MR) is 127 cm³/mol. The molecule has 8 heteroatoms. The SMILES string of the molecule is Cc1cn2cc(-c3cc(=O)c4cc(F)cc([C@@H](C)Nc5ccccc5C(=O)O)c4o3)ccc2n1. The number of nitrogens with one attached hydrogen (secondary N) is 1. The number of hydrogen-bond acceptors (Lipinski definition) is 5. The summed E-state index contributed by atoms with van der Waals surface area (Å²) in [4.78, 5) is 28.9. The van der Waals surface area contributed by atoms with Crippen molar-refractivity contribution in [2.24, 2.45) is 0 Å². The lowest BCUT2D eigenvalue weighted by Gasteiger charge is -2.19. The van der Waals surface area contributed by atoms with Crippen molar-refractivity contribution in [2.45, 2.75) is 19.9 Å². The van der Waals surface area contributed by atoms with E-state index >= 15 is 0 Å². The number of aromatic nitrogens is 2. The Kier molecular flexibility index (Phi) is 5.13. The summed E-state index contributed by atoms with van der Waals surface area (Å²) in [5.41, 5.74) is 3.00. The average molecular weight is 457 g/mol. The highest BCUT2D eigenvalue weighted by atomic mass is 19.1. The number of benzene rings is 2. The van der Waals surface area contributed by atoms with E-state index < -0.39 is 17.8 Å². The largest absolute Gasteiger partial charge is 0.478 e. The highest BCUT2D eigenvalue weighted by molar-refractivity contribution is 5.94. The van der Waals surface area contributed by atoms with Gasteiger partial charge in [-0.3, -0.25) is 4.79 Å². The first-order chi connectivity index (χ1) is 16.3. The van der Waals surface area contributed by atoms with E-state index in [1.54, 1.807) is 31.2 Å². The van der Waals surface area contributed by atoms with E-state index in [0.29, 0.717) is 22.6 Å². The number of carbonyl (C=O) groups is 1. The minimum atomic E-state index is -1.08. The van der Waals surface area contributed by atoms with Gasteiger partial charge in [-0.15, -0.1) is 0 Å². The van der Waals surface area contributed by atoms with Gasteiger partial charge in [0, 0.05) is 35.3 Å². The molecule has 0 aliphatic heterocycles. The lowest BCUT2D eigenvalue weighted by Crippen LogP contribution is -2.12. The highest BCUT2D eigenvalue weighted by Crippen LogP contribution is 2.31. The summed E-state index contributed by atoms with van der Waals surface area (Å²) in [7, 11) is 0. The Bertz CT molecular complexity index is 1640. The number of hydrogen-bond donors (Lipinski definition) is 2. The molecule has 0 bridgehead atoms. The van der Waals surface area contributed by atoms with Gasteiger partial charge in [-0.1, -0.05) is 12.1 Å². The molecule has 170 valence electrons. The Labute approximate surface area is 193 Å². The molecular weight excluding hydrogens is 437 g/mol. The van der Waals surface area contributed by atoms with Gasteiger partial charge in [0.25, 0.3) is 0 Å². The number of para-hydroxylation sites is 1. The van der Waals surface area contributed by atoms with Gasteiger partial charge in [0.1, 0.15) is 22.8 Å². The molecule has 0 aliphatic carbocycles. The fourth-order valence-corrected chi connectivity index (χ4v) is 4.08. The summed E-state index contributed by atoms with van der Waals surface area (Å²) in [5, 5.41) is 12.7. The summed E-state index contributed by atoms with van der Waals surface area (Å²) in [6, 6.07) is 13.3. The van der Waals surface area contributed by atoms with Crippen LogP contribution in [0, 0.1) is 12.7 Å². The number of aromatic carboxylic acids is 1. The summed E-state index contributed by atoms with van der Waals surface area (Å²) in [5.74, 6) is -1.34. The van der Waals surface area contributed by atoms with Crippen molar-refractivity contribution < 1.29 is 18.7 Å². The molecule has 3 heterocycles. The number of fused-ring (bicyclic) bond motifs is 2. The van der Waals surface area contributed by atoms with Crippen molar-refractivity contribution >= 4 is 28.3 Å². The molecule has 0 saturated heterocycles. The van der Waals surface area contributed by atoms with Crippen LogP contribution in [0.1, 0.15) is 34.6 Å². The first kappa shape index (κ1) is 21.4. The van der Waals surface area contributed by atoms with E-state index in [0.717, 1.165) is 17.4 Å². The maximum atomic E-state index is 14.5. The van der Waals surface area contributed by atoms with Crippen LogP contribution >= 0.6 is 0 Å². The third-order valence-corrected chi connectivity index (χ3v) is 5.67. The van der Waals surface area contributed by atoms with Crippen molar-refractivity contribution in [3.05, 3.63) is 99.9 Å². The minimum Gasteiger partial charge on any atom is -0.478 e. The van der Waals surface area contributed by atoms with Gasteiger partial charge in [-0.25, -0.2) is 14.2 Å². The molecule has 5 rings (SSSR count). The van der Waals surface area contributed by atoms with Crippen LogP contribution < -0.4 is 10.7 Å². The van der Waals surface area contributed by atoms with Crippen molar-refractivity contribution in [3.8, 4) is 11.3 Å². The zero-order valence-corrected chi connectivity index (χ0v) is 18.4. The number of nitrogens with zero attached hydrogens (tertiary/aromatic N) is 2. The van der Waals surface area contributed by atoms with Crippen LogP contribution in [-0.2, 0) is 0 Å². The van der Waals surface area contributed by atoms with Gasteiger partial charge in [-0.2, -0.15) is 0 Å². The molecule has 0 unspecified atom stereocenters. The van der Waals surface area contributed by atoms with E-state index in [9.17, 15) is 19.1 Å². The Hall–Kier alpha value is -4.46. The van der Waals surface area contributed by atoms with E-state index in [4.69, 9.17) is 4.42 Å². The van der Waals surface area contributed by atoms with Gasteiger partial charge in [0.2, 0.25) is 0 Å². The van der Waals surface area contributed by atoms with Crippen molar-refractivity contribution in [2.75, 3.05) is 5.32 Å². The normalized spacial score (nSPS) is 12.2. The molecule has 7 nitrogen and oxygen atoms in total. The standard InChI is InChI=1S/C26H20FN3O4/c1-14-12-30-13-16(7-8-24(30)28-14)23-11-22(31)20-10-17(27)9-19(25(20)34-23)15(2)29-21-6-4-3-5-18(21)26(32)33/h3-13,15,29H,1-2H3,(H,32,33)/t15-/m1/s1. The number of carboxylic acids is 1. The smallest absolute Gasteiger partial charge is 0.337 e. The fraction of sp³-hybridized carbons (Fsp3) is 0.115. The van der Waals surface area contributed by atoms with Crippen LogP contribution in [0.3, 0.4) is 0 Å². The lowest BCUT2D eigenvalue weighted by atomic mass is 10.0. The van der Waals surface area contributed by atoms with Crippen LogP contribution in [-0.4, -0.2) is 20.5 Å². The van der Waals surface area contributed by atoms with E-state index in [1.165, 1.54) is 18.2 Å². The number of rotatable bonds is 5. The number of halogens is 1.